The van der Waals surface area contributed by atoms with Gasteiger partial charge in [-0.3, -0.25) is 14.9 Å². The number of carbonyl (C=O) groups is 1. The second-order valence-corrected chi connectivity index (χ2v) is 5.72. The van der Waals surface area contributed by atoms with Crippen molar-refractivity contribution in [1.82, 2.24) is 5.32 Å². The summed E-state index contributed by atoms with van der Waals surface area (Å²) in [6.45, 7) is 0.294. The number of para-hydroxylation sites is 2. The lowest BCUT2D eigenvalue weighted by molar-refractivity contribution is -0.385. The van der Waals surface area contributed by atoms with Crippen molar-refractivity contribution in [2.24, 2.45) is 0 Å². The molecule has 3 rings (SSSR count). The van der Waals surface area contributed by atoms with E-state index in [1.807, 2.05) is 42.5 Å². The standard InChI is InChI=1S/C20H18N2O5/c23-20(14-27-19-8-4-3-7-18(19)22(24)25)21-11-12-26-17-10-9-15-5-1-2-6-16(15)13-17/h1-10,13H,11-12,14H2,(H,21,23). The molecule has 0 aliphatic rings. The Morgan fingerprint density at radius 3 is 2.52 bits per heavy atom. The van der Waals surface area contributed by atoms with Crippen LogP contribution in [0.25, 0.3) is 10.8 Å². The second-order valence-electron chi connectivity index (χ2n) is 5.72. The lowest BCUT2D eigenvalue weighted by Crippen LogP contribution is -2.32. The first kappa shape index (κ1) is 18.2. The van der Waals surface area contributed by atoms with Gasteiger partial charge in [0.2, 0.25) is 0 Å². The van der Waals surface area contributed by atoms with Gasteiger partial charge in [-0.15, -0.1) is 0 Å². The average molecular weight is 366 g/mol. The maximum absolute atomic E-state index is 11.8. The molecule has 7 heteroatoms. The van der Waals surface area contributed by atoms with Gasteiger partial charge in [0, 0.05) is 6.07 Å². The highest BCUT2D eigenvalue weighted by molar-refractivity contribution is 5.83. The molecule has 3 aromatic rings. The van der Waals surface area contributed by atoms with Gasteiger partial charge in [-0.1, -0.05) is 42.5 Å². The topological polar surface area (TPSA) is 90.7 Å². The summed E-state index contributed by atoms with van der Waals surface area (Å²) in [7, 11) is 0. The van der Waals surface area contributed by atoms with Gasteiger partial charge in [0.05, 0.1) is 11.5 Å². The predicted molar refractivity (Wildman–Crippen MR) is 101 cm³/mol. The molecule has 1 amide bonds. The van der Waals surface area contributed by atoms with Crippen LogP contribution in [0.15, 0.2) is 66.7 Å². The molecule has 0 fully saturated rings. The molecular formula is C20H18N2O5. The lowest BCUT2D eigenvalue weighted by Gasteiger charge is -2.09. The second kappa shape index (κ2) is 8.66. The van der Waals surface area contributed by atoms with Crippen LogP contribution in [0.3, 0.4) is 0 Å². The SMILES string of the molecule is O=C(COc1ccccc1[N+](=O)[O-])NCCOc1ccc2ccccc2c1. The smallest absolute Gasteiger partial charge is 0.310 e. The van der Waals surface area contributed by atoms with Gasteiger partial charge in [-0.2, -0.15) is 0 Å². The summed E-state index contributed by atoms with van der Waals surface area (Å²) in [4.78, 5) is 22.2. The Morgan fingerprint density at radius 1 is 0.963 bits per heavy atom. The third kappa shape index (κ3) is 4.94. The summed E-state index contributed by atoms with van der Waals surface area (Å²) in [6.07, 6.45) is 0. The highest BCUT2D eigenvalue weighted by atomic mass is 16.6. The zero-order chi connectivity index (χ0) is 19.1. The number of nitro groups is 1. The number of hydrogen-bond acceptors (Lipinski definition) is 5. The number of amides is 1. The summed E-state index contributed by atoms with van der Waals surface area (Å²) in [5.41, 5.74) is -0.176. The molecule has 0 saturated heterocycles. The van der Waals surface area contributed by atoms with Crippen LogP contribution in [-0.4, -0.2) is 30.6 Å². The van der Waals surface area contributed by atoms with Crippen molar-refractivity contribution in [3.05, 3.63) is 76.8 Å². The molecule has 0 saturated carbocycles. The van der Waals surface area contributed by atoms with Crippen molar-refractivity contribution in [3.8, 4) is 11.5 Å². The van der Waals surface area contributed by atoms with Gasteiger partial charge in [0.15, 0.2) is 12.4 Å². The molecule has 0 spiro atoms. The highest BCUT2D eigenvalue weighted by Gasteiger charge is 2.14. The van der Waals surface area contributed by atoms with E-state index in [2.05, 4.69) is 5.32 Å². The van der Waals surface area contributed by atoms with E-state index in [9.17, 15) is 14.9 Å². The molecule has 0 bridgehead atoms. The van der Waals surface area contributed by atoms with E-state index < -0.39 is 4.92 Å². The molecule has 3 aromatic carbocycles. The van der Waals surface area contributed by atoms with Crippen molar-refractivity contribution in [2.75, 3.05) is 19.8 Å². The van der Waals surface area contributed by atoms with Gasteiger partial charge in [-0.25, -0.2) is 0 Å². The summed E-state index contributed by atoms with van der Waals surface area (Å²) in [6, 6.07) is 19.7. The first-order valence-electron chi connectivity index (χ1n) is 8.38. The quantitative estimate of drug-likeness (QED) is 0.375. The van der Waals surface area contributed by atoms with E-state index in [0.717, 1.165) is 16.5 Å². The number of nitrogens with one attached hydrogen (secondary N) is 1. The maximum Gasteiger partial charge on any atom is 0.310 e. The van der Waals surface area contributed by atoms with Crippen molar-refractivity contribution >= 4 is 22.4 Å². The minimum absolute atomic E-state index is 0.0602. The minimum Gasteiger partial charge on any atom is -0.492 e. The number of benzene rings is 3. The molecule has 0 heterocycles. The van der Waals surface area contributed by atoms with Crippen molar-refractivity contribution in [3.63, 3.8) is 0 Å². The Bertz CT molecular complexity index is 958. The number of nitrogens with zero attached hydrogens (tertiary/aromatic N) is 1. The number of rotatable bonds is 8. The Hall–Kier alpha value is -3.61. The van der Waals surface area contributed by atoms with E-state index in [-0.39, 0.29) is 24.0 Å². The fourth-order valence-electron chi connectivity index (χ4n) is 2.54. The van der Waals surface area contributed by atoms with Gasteiger partial charge in [0.1, 0.15) is 12.4 Å². The van der Waals surface area contributed by atoms with Gasteiger partial charge >= 0.3 is 5.69 Å². The molecule has 0 unspecified atom stereocenters. The fraction of sp³-hybridized carbons (Fsp3) is 0.150. The zero-order valence-corrected chi connectivity index (χ0v) is 14.5. The molecule has 0 aromatic heterocycles. The monoisotopic (exact) mass is 366 g/mol. The minimum atomic E-state index is -0.551. The van der Waals surface area contributed by atoms with Crippen LogP contribution in [0.2, 0.25) is 0 Å². The molecule has 0 aliphatic carbocycles. The summed E-state index contributed by atoms with van der Waals surface area (Å²) in [5, 5.41) is 15.8. The van der Waals surface area contributed by atoms with E-state index in [1.165, 1.54) is 18.2 Å². The largest absolute Gasteiger partial charge is 0.492 e. The van der Waals surface area contributed by atoms with Gasteiger partial charge in [0.25, 0.3) is 5.91 Å². The number of hydrogen-bond donors (Lipinski definition) is 1. The highest BCUT2D eigenvalue weighted by Crippen LogP contribution is 2.25. The molecular weight excluding hydrogens is 348 g/mol. The Morgan fingerprint density at radius 2 is 1.70 bits per heavy atom. The van der Waals surface area contributed by atoms with Crippen molar-refractivity contribution < 1.29 is 19.2 Å². The molecule has 0 atom stereocenters. The lowest BCUT2D eigenvalue weighted by atomic mass is 10.1. The first-order valence-corrected chi connectivity index (χ1v) is 8.38. The Labute approximate surface area is 155 Å². The van der Waals surface area contributed by atoms with E-state index in [0.29, 0.717) is 13.2 Å². The van der Waals surface area contributed by atoms with Crippen LogP contribution in [0, 0.1) is 10.1 Å². The molecule has 1 N–H and O–H groups in total. The molecule has 27 heavy (non-hydrogen) atoms. The van der Waals surface area contributed by atoms with Gasteiger partial charge in [-0.05, 0) is 29.0 Å². The summed E-state index contributed by atoms with van der Waals surface area (Å²) >= 11 is 0. The van der Waals surface area contributed by atoms with Crippen LogP contribution in [0.5, 0.6) is 11.5 Å². The third-order valence-electron chi connectivity index (χ3n) is 3.83. The van der Waals surface area contributed by atoms with Crippen LogP contribution < -0.4 is 14.8 Å². The number of carbonyl (C=O) groups excluding carboxylic acids is 1. The van der Waals surface area contributed by atoms with Crippen LogP contribution in [0.1, 0.15) is 0 Å². The number of ether oxygens (including phenoxy) is 2. The normalized spacial score (nSPS) is 10.4. The zero-order valence-electron chi connectivity index (χ0n) is 14.5. The average Bonchev–Trinajstić information content (AvgIpc) is 2.69. The van der Waals surface area contributed by atoms with E-state index in [1.54, 1.807) is 6.07 Å². The molecule has 0 radical (unpaired) electrons. The third-order valence-corrected chi connectivity index (χ3v) is 3.83. The molecule has 0 aliphatic heterocycles. The predicted octanol–water partition coefficient (Wildman–Crippen LogP) is 3.32. The summed E-state index contributed by atoms with van der Waals surface area (Å²) < 4.78 is 10.9. The summed E-state index contributed by atoms with van der Waals surface area (Å²) in [5.74, 6) is 0.402. The van der Waals surface area contributed by atoms with Crippen molar-refractivity contribution in [1.29, 1.82) is 0 Å². The molecule has 7 nitrogen and oxygen atoms in total. The molecule has 138 valence electrons. The maximum atomic E-state index is 11.8. The number of fused-ring (bicyclic) bond motifs is 1. The van der Waals surface area contributed by atoms with Gasteiger partial charge < -0.3 is 14.8 Å². The van der Waals surface area contributed by atoms with Crippen LogP contribution >= 0.6 is 0 Å². The van der Waals surface area contributed by atoms with E-state index >= 15 is 0 Å². The van der Waals surface area contributed by atoms with Crippen molar-refractivity contribution in [2.45, 2.75) is 0 Å². The van der Waals surface area contributed by atoms with Crippen LogP contribution in [-0.2, 0) is 4.79 Å². The first-order chi connectivity index (χ1) is 13.1. The van der Waals surface area contributed by atoms with E-state index in [4.69, 9.17) is 9.47 Å². The Kier molecular flexibility index (Phi) is 5.84. The fourth-order valence-corrected chi connectivity index (χ4v) is 2.54. The number of nitro benzene ring substituents is 1. The van der Waals surface area contributed by atoms with Crippen LogP contribution in [0.4, 0.5) is 5.69 Å². The Balaban J connectivity index is 1.42.